The van der Waals surface area contributed by atoms with Crippen molar-refractivity contribution in [2.24, 2.45) is 5.92 Å². The van der Waals surface area contributed by atoms with Gasteiger partial charge in [-0.2, -0.15) is 15.8 Å². The number of benzene rings is 3. The smallest absolute Gasteiger partial charge is 0.178 e. The number of aliphatic hydroxyl groups is 3. The van der Waals surface area contributed by atoms with E-state index < -0.39 is 19.7 Å². The molecular weight excluding hydrogens is 1300 g/mol. The number of carbonyl (C=O) groups is 3. The van der Waals surface area contributed by atoms with Crippen molar-refractivity contribution < 1.29 is 51.3 Å². The minimum absolute atomic E-state index is 0.0447. The highest BCUT2D eigenvalue weighted by Gasteiger charge is 2.48. The summed E-state index contributed by atoms with van der Waals surface area (Å²) in [5, 5.41) is 58.0. The van der Waals surface area contributed by atoms with Gasteiger partial charge in [0, 0.05) is 141 Å². The van der Waals surface area contributed by atoms with Gasteiger partial charge in [-0.05, 0) is 246 Å². The summed E-state index contributed by atoms with van der Waals surface area (Å²) in [5.74, 6) is 1.22. The predicted molar refractivity (Wildman–Crippen MR) is 383 cm³/mol. The molecule has 3 aromatic heterocycles. The number of fused-ring (bicyclic) bond motifs is 6. The molecule has 7 fully saturated rings. The van der Waals surface area contributed by atoms with Gasteiger partial charge in [0.25, 0.3) is 0 Å². The van der Waals surface area contributed by atoms with Gasteiger partial charge < -0.3 is 33.8 Å². The Morgan fingerprint density at radius 1 is 0.460 bits per heavy atom. The van der Waals surface area contributed by atoms with E-state index >= 15 is 0 Å². The average molecular weight is 1400 g/mol. The van der Waals surface area contributed by atoms with Crippen molar-refractivity contribution in [3.8, 4) is 35.3 Å². The molecule has 532 valence electrons. The molecule has 6 bridgehead atoms. The maximum Gasteiger partial charge on any atom is 0.178 e. The van der Waals surface area contributed by atoms with Crippen molar-refractivity contribution in [1.82, 2.24) is 28.4 Å². The molecule has 7 saturated heterocycles. The van der Waals surface area contributed by atoms with Crippen LogP contribution in [0.1, 0.15) is 191 Å². The van der Waals surface area contributed by atoms with Gasteiger partial charge in [0.1, 0.15) is 19.7 Å². The molecule has 0 amide bonds. The van der Waals surface area contributed by atoms with Crippen LogP contribution in [0.5, 0.6) is 0 Å². The Kier molecular flexibility index (Phi) is 23.8. The Hall–Kier alpha value is -7.40. The van der Waals surface area contributed by atoms with Crippen LogP contribution < -0.4 is 0 Å². The van der Waals surface area contributed by atoms with Crippen LogP contribution in [-0.4, -0.2) is 189 Å². The van der Waals surface area contributed by atoms with Gasteiger partial charge in [0.2, 0.25) is 0 Å². The van der Waals surface area contributed by atoms with Gasteiger partial charge >= 0.3 is 0 Å². The highest BCUT2D eigenvalue weighted by atomic mass is 32.2. The van der Waals surface area contributed by atoms with E-state index in [1.54, 1.807) is 24.3 Å². The van der Waals surface area contributed by atoms with Crippen LogP contribution >= 0.6 is 0 Å². The van der Waals surface area contributed by atoms with Gasteiger partial charge in [-0.3, -0.25) is 29.1 Å². The third kappa shape index (κ3) is 17.4. The number of aryl methyl sites for hydroxylation is 3. The Morgan fingerprint density at radius 3 is 1.11 bits per heavy atom. The van der Waals surface area contributed by atoms with Crippen LogP contribution in [0.3, 0.4) is 0 Å². The number of carbonyl (C=O) groups excluding carboxylic acids is 3. The summed E-state index contributed by atoms with van der Waals surface area (Å²) in [6.45, 7) is 8.62. The van der Waals surface area contributed by atoms with E-state index in [0.717, 1.165) is 160 Å². The second-order valence-electron chi connectivity index (χ2n) is 29.2. The first kappa shape index (κ1) is 73.8. The third-order valence-corrected chi connectivity index (χ3v) is 24.4. The van der Waals surface area contributed by atoms with Crippen LogP contribution in [0.25, 0.3) is 17.1 Å². The number of unbranched alkanes of at least 4 members (excludes halogenated alkanes) is 2. The standard InChI is InChI=1S/C27H33N3O3.C26H33N3O4S.C25H31N3O4S/c1-18-24(27(32)17-29-22-8-9-25(29)26(31)15-22)14-23(7-2-19-10-12-33-13-11-19)30(18)21-5-3-20(16-28)4-6-21;1-18-25(26(31)17-28-21-10-11-22(28)14-24(30)13-21)15-23(5-3-4-12-34(2,32)33)29(18)20-8-6-19(16-27)7-9-20;1-17-22(25(30)16-27-20-10-11-23(27)24(29)14-20)13-21(5-3-4-12-33(2,31)32)28(17)19-8-6-18(15-26)7-9-19/h3-6,14,19,22,25-26,31H,2,7-13,15,17H2,1H3;6-9,15,21-22,24,30H,3-5,10-14,17H2,1-2H3;6-9,13,20,23-24,29H,3-5,10-12,14,16H2,1-2H3/t22?,25?,26-;;20?,23?,24-/m0.0/s1. The normalized spacial score (nSPS) is 23.5. The first-order valence-electron chi connectivity index (χ1n) is 35.9. The molecule has 22 heteroatoms. The molecule has 0 radical (unpaired) electrons. The van der Waals surface area contributed by atoms with E-state index in [-0.39, 0.29) is 77.4 Å². The maximum absolute atomic E-state index is 13.5. The highest BCUT2D eigenvalue weighted by Crippen LogP contribution is 2.41. The molecule has 0 spiro atoms. The summed E-state index contributed by atoms with van der Waals surface area (Å²) in [4.78, 5) is 46.9. The number of aromatic nitrogens is 3. The molecule has 8 atom stereocenters. The number of Topliss-reactive ketones (excluding diaryl/α,β-unsaturated/α-hetero) is 3. The molecule has 13 rings (SSSR count). The van der Waals surface area contributed by atoms with Crippen LogP contribution in [-0.2, 0) is 43.7 Å². The fourth-order valence-electron chi connectivity index (χ4n) is 17.2. The molecular formula is C78H97N9O11S2. The SMILES string of the molecule is Cc1c(C(=O)CN2C3CCC2CC(O)C3)cc(CCCCS(C)(=O)=O)n1-c1ccc(C#N)cc1.Cc1c(C(=O)CN2C3CCC2[C@@H](O)C3)cc(CCC2CCOCC2)n1-c1ccc(C#N)cc1.Cc1c(C(=O)CN2C3CCC2[C@@H](O)C3)cc(CCCCS(C)(=O)=O)n1-c1ccc(C#N)cc1. The summed E-state index contributed by atoms with van der Waals surface area (Å²) in [5.41, 5.74) is 12.4. The fourth-order valence-corrected chi connectivity index (χ4v) is 18.6. The topological polar surface area (TPSA) is 285 Å². The lowest BCUT2D eigenvalue weighted by molar-refractivity contribution is 0.0344. The van der Waals surface area contributed by atoms with Crippen LogP contribution in [0.2, 0.25) is 0 Å². The summed E-state index contributed by atoms with van der Waals surface area (Å²) in [7, 11) is -6.01. The van der Waals surface area contributed by atoms with Crippen molar-refractivity contribution in [2.45, 2.75) is 204 Å². The summed E-state index contributed by atoms with van der Waals surface area (Å²) >= 11 is 0. The van der Waals surface area contributed by atoms with Crippen LogP contribution in [0.15, 0.2) is 91.0 Å². The van der Waals surface area contributed by atoms with Gasteiger partial charge in [-0.1, -0.05) is 0 Å². The lowest BCUT2D eigenvalue weighted by Gasteiger charge is -2.36. The zero-order valence-corrected chi connectivity index (χ0v) is 60.1. The number of piperidine rings is 1. The van der Waals surface area contributed by atoms with E-state index in [1.807, 2.05) is 86.0 Å². The first-order chi connectivity index (χ1) is 47.9. The quantitative estimate of drug-likeness (QED) is 0.0355. The minimum atomic E-state index is -3.00. The number of aliphatic hydroxyl groups excluding tert-OH is 3. The molecule has 0 saturated carbocycles. The number of ether oxygens (including phenoxy) is 1. The second kappa shape index (κ2) is 32.3. The Labute approximate surface area is 589 Å². The van der Waals surface area contributed by atoms with E-state index in [2.05, 4.69) is 48.1 Å². The largest absolute Gasteiger partial charge is 0.393 e. The molecule has 100 heavy (non-hydrogen) atoms. The minimum Gasteiger partial charge on any atom is -0.393 e. The molecule has 7 aliphatic heterocycles. The monoisotopic (exact) mass is 1400 g/mol. The lowest BCUT2D eigenvalue weighted by atomic mass is 9.94. The van der Waals surface area contributed by atoms with Gasteiger partial charge in [0.05, 0.1) is 72.8 Å². The van der Waals surface area contributed by atoms with Gasteiger partial charge in [-0.15, -0.1) is 0 Å². The number of ketones is 3. The maximum atomic E-state index is 13.5. The predicted octanol–water partition coefficient (Wildman–Crippen LogP) is 9.80. The Morgan fingerprint density at radius 2 is 0.790 bits per heavy atom. The zero-order valence-electron chi connectivity index (χ0n) is 58.5. The molecule has 6 unspecified atom stereocenters. The third-order valence-electron chi connectivity index (χ3n) is 22.3. The molecule has 20 nitrogen and oxygen atoms in total. The van der Waals surface area contributed by atoms with Crippen molar-refractivity contribution in [2.75, 3.05) is 56.9 Å². The van der Waals surface area contributed by atoms with Crippen molar-refractivity contribution in [1.29, 1.82) is 15.8 Å². The Balaban J connectivity index is 0.000000151. The number of hydrogen-bond donors (Lipinski definition) is 3. The summed E-state index contributed by atoms with van der Waals surface area (Å²) in [6.07, 6.45) is 18.7. The number of sulfone groups is 2. The van der Waals surface area contributed by atoms with Crippen LogP contribution in [0, 0.1) is 60.7 Å². The lowest BCUT2D eigenvalue weighted by Crippen LogP contribution is -2.46. The molecule has 6 aromatic rings. The van der Waals surface area contributed by atoms with E-state index in [0.29, 0.717) is 97.9 Å². The molecule has 0 aliphatic carbocycles. The summed E-state index contributed by atoms with van der Waals surface area (Å²) in [6, 6.07) is 35.9. The molecule has 3 N–H and O–H groups in total. The van der Waals surface area contributed by atoms with E-state index in [9.17, 15) is 51.8 Å². The molecule has 10 heterocycles. The number of rotatable bonds is 25. The summed E-state index contributed by atoms with van der Waals surface area (Å²) < 4.78 is 57.8. The second-order valence-corrected chi connectivity index (χ2v) is 33.7. The zero-order chi connectivity index (χ0) is 71.2. The molecule has 7 aliphatic rings. The van der Waals surface area contributed by atoms with Gasteiger partial charge in [-0.25, -0.2) is 16.8 Å². The molecule has 3 aromatic carbocycles. The Bertz CT molecular complexity index is 4270. The average Bonchev–Trinajstić information content (AvgIpc) is 1.64. The van der Waals surface area contributed by atoms with Gasteiger partial charge in [0.15, 0.2) is 17.3 Å². The van der Waals surface area contributed by atoms with E-state index in [4.69, 9.17) is 15.3 Å². The van der Waals surface area contributed by atoms with Crippen molar-refractivity contribution in [3.05, 3.63) is 159 Å². The fraction of sp³-hybridized carbons (Fsp3) is 0.538. The number of nitrogens with zero attached hydrogens (tertiary/aromatic N) is 9. The number of nitriles is 3. The highest BCUT2D eigenvalue weighted by molar-refractivity contribution is 7.90. The first-order valence-corrected chi connectivity index (χ1v) is 40.0. The van der Waals surface area contributed by atoms with Crippen LogP contribution in [0.4, 0.5) is 0 Å². The van der Waals surface area contributed by atoms with E-state index in [1.165, 1.54) is 12.5 Å². The van der Waals surface area contributed by atoms with Crippen molar-refractivity contribution >= 4 is 37.0 Å². The number of hydrogen-bond acceptors (Lipinski definition) is 17. The van der Waals surface area contributed by atoms with Crippen molar-refractivity contribution in [3.63, 3.8) is 0 Å².